The number of para-hydroxylation sites is 2. The third-order valence-electron chi connectivity index (χ3n) is 4.20. The molecular formula is C21H22N2O7. The molecular weight excluding hydrogens is 392 g/mol. The summed E-state index contributed by atoms with van der Waals surface area (Å²) in [7, 11) is 1.52. The molecule has 0 bridgehead atoms. The van der Waals surface area contributed by atoms with Crippen molar-refractivity contribution in [2.75, 3.05) is 33.4 Å². The quantitative estimate of drug-likeness (QED) is 0.618. The summed E-state index contributed by atoms with van der Waals surface area (Å²) in [4.78, 5) is 35.6. The van der Waals surface area contributed by atoms with E-state index in [1.54, 1.807) is 36.4 Å². The summed E-state index contributed by atoms with van der Waals surface area (Å²) in [5.41, 5.74) is 0.373. The molecule has 2 amide bonds. The molecule has 1 unspecified atom stereocenters. The third-order valence-corrected chi connectivity index (χ3v) is 4.20. The van der Waals surface area contributed by atoms with Gasteiger partial charge in [-0.1, -0.05) is 12.1 Å². The molecule has 2 aromatic rings. The molecule has 30 heavy (non-hydrogen) atoms. The molecule has 1 heterocycles. The average molecular weight is 414 g/mol. The monoisotopic (exact) mass is 414 g/mol. The van der Waals surface area contributed by atoms with Crippen LogP contribution in [0.4, 0.5) is 0 Å². The first kappa shape index (κ1) is 21.0. The lowest BCUT2D eigenvalue weighted by atomic mass is 10.2. The van der Waals surface area contributed by atoms with Crippen LogP contribution >= 0.6 is 0 Å². The second kappa shape index (κ2) is 10.1. The first-order valence-corrected chi connectivity index (χ1v) is 9.28. The molecule has 0 fully saturated rings. The Bertz CT molecular complexity index is 898. The van der Waals surface area contributed by atoms with E-state index in [1.165, 1.54) is 7.11 Å². The van der Waals surface area contributed by atoms with Crippen LogP contribution in [-0.4, -0.2) is 57.3 Å². The van der Waals surface area contributed by atoms with Crippen LogP contribution in [0.25, 0.3) is 0 Å². The van der Waals surface area contributed by atoms with Gasteiger partial charge in [-0.05, 0) is 36.4 Å². The third kappa shape index (κ3) is 5.87. The van der Waals surface area contributed by atoms with Gasteiger partial charge in [-0.15, -0.1) is 0 Å². The summed E-state index contributed by atoms with van der Waals surface area (Å²) in [5.74, 6) is 0.248. The Morgan fingerprint density at radius 2 is 1.77 bits per heavy atom. The normalized spacial score (nSPS) is 14.4. The van der Waals surface area contributed by atoms with Crippen molar-refractivity contribution in [3.05, 3.63) is 54.1 Å². The maximum absolute atomic E-state index is 12.0. The highest BCUT2D eigenvalue weighted by Gasteiger charge is 2.21. The number of hydrogen-bond donors (Lipinski definition) is 2. The Kier molecular flexibility index (Phi) is 7.09. The van der Waals surface area contributed by atoms with Crippen molar-refractivity contribution in [2.45, 2.75) is 6.10 Å². The topological polar surface area (TPSA) is 112 Å². The summed E-state index contributed by atoms with van der Waals surface area (Å²) >= 11 is 0. The molecule has 9 nitrogen and oxygen atoms in total. The molecule has 1 aliphatic heterocycles. The van der Waals surface area contributed by atoms with Crippen LogP contribution < -0.4 is 24.8 Å². The second-order valence-electron chi connectivity index (χ2n) is 6.37. The zero-order valence-electron chi connectivity index (χ0n) is 16.4. The lowest BCUT2D eigenvalue weighted by Crippen LogP contribution is -2.42. The Morgan fingerprint density at radius 1 is 1.03 bits per heavy atom. The fraction of sp³-hybridized carbons (Fsp3) is 0.286. The molecule has 0 aliphatic carbocycles. The number of methoxy groups -OCH3 is 1. The van der Waals surface area contributed by atoms with Crippen LogP contribution in [0.3, 0.4) is 0 Å². The average Bonchev–Trinajstić information content (AvgIpc) is 2.79. The molecule has 0 saturated heterocycles. The largest absolute Gasteiger partial charge is 0.497 e. The molecule has 3 rings (SSSR count). The van der Waals surface area contributed by atoms with E-state index in [1.807, 2.05) is 12.1 Å². The van der Waals surface area contributed by atoms with Gasteiger partial charge in [-0.3, -0.25) is 14.4 Å². The number of hydrogen-bond acceptors (Lipinski definition) is 7. The van der Waals surface area contributed by atoms with Crippen LogP contribution in [-0.2, 0) is 14.3 Å². The number of fused-ring (bicyclic) bond motifs is 1. The fourth-order valence-electron chi connectivity index (χ4n) is 2.64. The van der Waals surface area contributed by atoms with Gasteiger partial charge in [-0.2, -0.15) is 0 Å². The van der Waals surface area contributed by atoms with Crippen molar-refractivity contribution in [1.29, 1.82) is 0 Å². The number of amides is 2. The van der Waals surface area contributed by atoms with Gasteiger partial charge in [0.2, 0.25) is 0 Å². The van der Waals surface area contributed by atoms with Gasteiger partial charge in [-0.25, -0.2) is 0 Å². The number of nitrogens with one attached hydrogen (secondary N) is 2. The molecule has 0 radical (unpaired) electrons. The van der Waals surface area contributed by atoms with E-state index < -0.39 is 24.4 Å². The fourth-order valence-corrected chi connectivity index (χ4v) is 2.64. The smallest absolute Gasteiger partial charge is 0.325 e. The summed E-state index contributed by atoms with van der Waals surface area (Å²) in [6.45, 7) is -0.302. The highest BCUT2D eigenvalue weighted by atomic mass is 16.6. The zero-order chi connectivity index (χ0) is 21.3. The van der Waals surface area contributed by atoms with Crippen LogP contribution in [0.15, 0.2) is 48.5 Å². The highest BCUT2D eigenvalue weighted by Crippen LogP contribution is 2.30. The molecule has 1 atom stereocenters. The zero-order valence-corrected chi connectivity index (χ0v) is 16.4. The summed E-state index contributed by atoms with van der Waals surface area (Å²) in [6.07, 6.45) is -0.344. The van der Waals surface area contributed by atoms with Crippen molar-refractivity contribution in [3.63, 3.8) is 0 Å². The van der Waals surface area contributed by atoms with Crippen molar-refractivity contribution in [3.8, 4) is 17.2 Å². The number of ether oxygens (including phenoxy) is 4. The molecule has 9 heteroatoms. The number of carbonyl (C=O) groups excluding carboxylic acids is 3. The first-order chi connectivity index (χ1) is 14.5. The summed E-state index contributed by atoms with van der Waals surface area (Å²) in [5, 5.41) is 5.05. The molecule has 158 valence electrons. The maximum atomic E-state index is 12.0. The van der Waals surface area contributed by atoms with Crippen LogP contribution in [0.5, 0.6) is 17.2 Å². The van der Waals surface area contributed by atoms with Crippen molar-refractivity contribution < 1.29 is 33.3 Å². The van der Waals surface area contributed by atoms with Crippen molar-refractivity contribution in [1.82, 2.24) is 10.6 Å². The first-order valence-electron chi connectivity index (χ1n) is 9.28. The van der Waals surface area contributed by atoms with E-state index in [2.05, 4.69) is 10.6 Å². The predicted molar refractivity (Wildman–Crippen MR) is 106 cm³/mol. The molecule has 1 aliphatic rings. The van der Waals surface area contributed by atoms with E-state index >= 15 is 0 Å². The van der Waals surface area contributed by atoms with Gasteiger partial charge >= 0.3 is 5.97 Å². The minimum Gasteiger partial charge on any atom is -0.497 e. The summed E-state index contributed by atoms with van der Waals surface area (Å²) in [6, 6.07) is 13.7. The number of benzene rings is 2. The summed E-state index contributed by atoms with van der Waals surface area (Å²) < 4.78 is 21.2. The van der Waals surface area contributed by atoms with Crippen molar-refractivity contribution in [2.24, 2.45) is 0 Å². The number of carbonyl (C=O) groups is 3. The van der Waals surface area contributed by atoms with Crippen molar-refractivity contribution >= 4 is 17.8 Å². The van der Waals surface area contributed by atoms with E-state index in [-0.39, 0.29) is 19.2 Å². The van der Waals surface area contributed by atoms with E-state index in [4.69, 9.17) is 18.9 Å². The minimum absolute atomic E-state index is 0.207. The van der Waals surface area contributed by atoms with E-state index in [0.717, 1.165) is 0 Å². The van der Waals surface area contributed by atoms with Gasteiger partial charge in [0, 0.05) is 5.56 Å². The van der Waals surface area contributed by atoms with Crippen LogP contribution in [0.1, 0.15) is 10.4 Å². The second-order valence-corrected chi connectivity index (χ2v) is 6.37. The van der Waals surface area contributed by atoms with E-state index in [0.29, 0.717) is 29.4 Å². The maximum Gasteiger partial charge on any atom is 0.325 e. The molecule has 0 spiro atoms. The van der Waals surface area contributed by atoms with E-state index in [9.17, 15) is 14.4 Å². The molecule has 2 N–H and O–H groups in total. The van der Waals surface area contributed by atoms with Gasteiger partial charge in [0.05, 0.1) is 13.7 Å². The molecule has 2 aromatic carbocycles. The van der Waals surface area contributed by atoms with Gasteiger partial charge in [0.15, 0.2) is 18.1 Å². The number of esters is 1. The Hall–Kier alpha value is -3.75. The Morgan fingerprint density at radius 3 is 2.50 bits per heavy atom. The standard InChI is InChI=1S/C21H22N2O7/c1-27-15-8-6-14(7-9-15)21(26)23-11-20(25)29-13-19(24)22-10-16-12-28-17-4-2-3-5-18(17)30-16/h2-9,16H,10-13H2,1H3,(H,22,24)(H,23,26). The minimum atomic E-state index is -0.724. The highest BCUT2D eigenvalue weighted by molar-refractivity contribution is 5.96. The molecule has 0 aromatic heterocycles. The Labute approximate surface area is 173 Å². The lowest BCUT2D eigenvalue weighted by Gasteiger charge is -2.26. The van der Waals surface area contributed by atoms with Gasteiger partial charge < -0.3 is 29.6 Å². The van der Waals surface area contributed by atoms with Crippen LogP contribution in [0, 0.1) is 0 Å². The van der Waals surface area contributed by atoms with Crippen LogP contribution in [0.2, 0.25) is 0 Å². The Balaban J connectivity index is 1.32. The number of rotatable bonds is 8. The lowest BCUT2D eigenvalue weighted by molar-refractivity contribution is -0.147. The predicted octanol–water partition coefficient (Wildman–Crippen LogP) is 0.924. The SMILES string of the molecule is COc1ccc(C(=O)NCC(=O)OCC(=O)NCC2COc3ccccc3O2)cc1. The van der Waals surface area contributed by atoms with Gasteiger partial charge in [0.1, 0.15) is 25.0 Å². The van der Waals surface area contributed by atoms with Gasteiger partial charge in [0.25, 0.3) is 11.8 Å². The molecule has 0 saturated carbocycles.